The number of likely N-dealkylation sites (N-methyl/N-ethyl adjacent to an activating group) is 1. The summed E-state index contributed by atoms with van der Waals surface area (Å²) >= 11 is 0. The van der Waals surface area contributed by atoms with Gasteiger partial charge in [0.05, 0.1) is 0 Å². The highest BCUT2D eigenvalue weighted by molar-refractivity contribution is 5.89. The first-order chi connectivity index (χ1) is 12.5. The summed E-state index contributed by atoms with van der Waals surface area (Å²) in [5, 5.41) is 9.35. The average molecular weight is 359 g/mol. The zero-order valence-electron chi connectivity index (χ0n) is 15.4. The summed E-state index contributed by atoms with van der Waals surface area (Å²) in [6, 6.07) is 9.40. The fourth-order valence-corrected chi connectivity index (χ4v) is 2.10. The molecule has 0 fully saturated rings. The van der Waals surface area contributed by atoms with Crippen LogP contribution in [-0.2, 0) is 13.0 Å². The molecule has 2 N–H and O–H groups in total. The summed E-state index contributed by atoms with van der Waals surface area (Å²) in [5.41, 5.74) is 0.981. The molecular weight excluding hydrogens is 334 g/mol. The maximum Gasteiger partial charge on any atom is 0.317 e. The van der Waals surface area contributed by atoms with Crippen molar-refractivity contribution in [1.29, 1.82) is 0 Å². The SMILES string of the molecule is CC(C)CNC(=O)N(C)CCc1noc(C(=O)NCc2ccccc2)n1. The predicted octanol–water partition coefficient (Wildman–Crippen LogP) is 1.84. The second-order valence-corrected chi connectivity index (χ2v) is 6.44. The molecule has 0 saturated heterocycles. The number of nitrogens with zero attached hydrogens (tertiary/aromatic N) is 3. The molecule has 1 aromatic carbocycles. The average Bonchev–Trinajstić information content (AvgIpc) is 3.12. The molecule has 1 heterocycles. The van der Waals surface area contributed by atoms with Crippen molar-refractivity contribution < 1.29 is 14.1 Å². The van der Waals surface area contributed by atoms with Crippen molar-refractivity contribution in [3.05, 3.63) is 47.6 Å². The molecule has 0 aliphatic rings. The number of hydrogen-bond donors (Lipinski definition) is 2. The summed E-state index contributed by atoms with van der Waals surface area (Å²) in [5.74, 6) is 0.276. The van der Waals surface area contributed by atoms with Crippen LogP contribution in [0.4, 0.5) is 4.79 Å². The molecule has 0 aliphatic carbocycles. The smallest absolute Gasteiger partial charge is 0.317 e. The Morgan fingerprint density at radius 1 is 1.19 bits per heavy atom. The number of aromatic nitrogens is 2. The Bertz CT molecular complexity index is 715. The van der Waals surface area contributed by atoms with Crippen molar-refractivity contribution in [2.75, 3.05) is 20.1 Å². The molecule has 8 heteroatoms. The van der Waals surface area contributed by atoms with Gasteiger partial charge in [-0.05, 0) is 11.5 Å². The van der Waals surface area contributed by atoms with Gasteiger partial charge in [-0.1, -0.05) is 49.3 Å². The minimum Gasteiger partial charge on any atom is -0.344 e. The predicted molar refractivity (Wildman–Crippen MR) is 96.5 cm³/mol. The van der Waals surface area contributed by atoms with Gasteiger partial charge >= 0.3 is 17.8 Å². The highest BCUT2D eigenvalue weighted by Crippen LogP contribution is 2.02. The Labute approximate surface area is 153 Å². The first-order valence-corrected chi connectivity index (χ1v) is 8.59. The molecule has 2 rings (SSSR count). The fraction of sp³-hybridized carbons (Fsp3) is 0.444. The van der Waals surface area contributed by atoms with Gasteiger partial charge in [-0.15, -0.1) is 0 Å². The Hall–Kier alpha value is -2.90. The van der Waals surface area contributed by atoms with Gasteiger partial charge in [0.25, 0.3) is 0 Å². The van der Waals surface area contributed by atoms with Gasteiger partial charge < -0.3 is 20.1 Å². The molecule has 0 spiro atoms. The largest absolute Gasteiger partial charge is 0.344 e. The Morgan fingerprint density at radius 3 is 2.62 bits per heavy atom. The highest BCUT2D eigenvalue weighted by atomic mass is 16.5. The number of carbonyl (C=O) groups excluding carboxylic acids is 2. The van der Waals surface area contributed by atoms with Crippen molar-refractivity contribution in [2.45, 2.75) is 26.8 Å². The lowest BCUT2D eigenvalue weighted by Crippen LogP contribution is -2.39. The zero-order chi connectivity index (χ0) is 18.9. The van der Waals surface area contributed by atoms with E-state index in [4.69, 9.17) is 4.52 Å². The van der Waals surface area contributed by atoms with E-state index < -0.39 is 5.91 Å². The molecule has 0 atom stereocenters. The van der Waals surface area contributed by atoms with Gasteiger partial charge in [0.1, 0.15) is 0 Å². The molecule has 2 aromatic rings. The Morgan fingerprint density at radius 2 is 1.92 bits per heavy atom. The van der Waals surface area contributed by atoms with Crippen LogP contribution in [0.25, 0.3) is 0 Å². The number of rotatable bonds is 8. The van der Waals surface area contributed by atoms with Crippen LogP contribution in [0.15, 0.2) is 34.9 Å². The van der Waals surface area contributed by atoms with Crippen LogP contribution in [0.2, 0.25) is 0 Å². The molecule has 0 radical (unpaired) electrons. The minimum absolute atomic E-state index is 0.0807. The molecule has 0 bridgehead atoms. The van der Waals surface area contributed by atoms with Crippen LogP contribution in [-0.4, -0.2) is 47.1 Å². The molecule has 3 amide bonds. The normalized spacial score (nSPS) is 10.6. The monoisotopic (exact) mass is 359 g/mol. The second-order valence-electron chi connectivity index (χ2n) is 6.44. The highest BCUT2D eigenvalue weighted by Gasteiger charge is 2.16. The van der Waals surface area contributed by atoms with Crippen molar-refractivity contribution in [1.82, 2.24) is 25.7 Å². The van der Waals surface area contributed by atoms with Gasteiger partial charge in [0.15, 0.2) is 5.82 Å². The third kappa shape index (κ3) is 6.19. The Balaban J connectivity index is 1.78. The molecular formula is C18H25N5O3. The lowest BCUT2D eigenvalue weighted by Gasteiger charge is -2.17. The van der Waals surface area contributed by atoms with E-state index in [2.05, 4.69) is 20.8 Å². The first kappa shape index (κ1) is 19.4. The van der Waals surface area contributed by atoms with Gasteiger partial charge in [-0.25, -0.2) is 4.79 Å². The fourth-order valence-electron chi connectivity index (χ4n) is 2.10. The molecule has 1 aromatic heterocycles. The Kier molecular flexibility index (Phi) is 7.13. The lowest BCUT2D eigenvalue weighted by atomic mass is 10.2. The first-order valence-electron chi connectivity index (χ1n) is 8.59. The van der Waals surface area contributed by atoms with Crippen molar-refractivity contribution in [3.63, 3.8) is 0 Å². The molecule has 8 nitrogen and oxygen atoms in total. The third-order valence-corrected chi connectivity index (χ3v) is 3.64. The summed E-state index contributed by atoms with van der Waals surface area (Å²) < 4.78 is 4.99. The van der Waals surface area contributed by atoms with Gasteiger partial charge in [-0.2, -0.15) is 4.98 Å². The van der Waals surface area contributed by atoms with Gasteiger partial charge in [-0.3, -0.25) is 4.79 Å². The number of urea groups is 1. The van der Waals surface area contributed by atoms with E-state index in [-0.39, 0.29) is 11.9 Å². The quantitative estimate of drug-likeness (QED) is 0.749. The van der Waals surface area contributed by atoms with E-state index in [1.54, 1.807) is 11.9 Å². The maximum absolute atomic E-state index is 12.0. The van der Waals surface area contributed by atoms with E-state index in [0.717, 1.165) is 5.56 Å². The lowest BCUT2D eigenvalue weighted by molar-refractivity contribution is 0.0907. The van der Waals surface area contributed by atoms with Crippen molar-refractivity contribution in [3.8, 4) is 0 Å². The van der Waals surface area contributed by atoms with E-state index >= 15 is 0 Å². The van der Waals surface area contributed by atoms with E-state index in [0.29, 0.717) is 37.8 Å². The van der Waals surface area contributed by atoms with E-state index in [1.807, 2.05) is 44.2 Å². The van der Waals surface area contributed by atoms with E-state index in [9.17, 15) is 9.59 Å². The van der Waals surface area contributed by atoms with Crippen LogP contribution in [0.3, 0.4) is 0 Å². The standard InChI is InChI=1S/C18H25N5O3/c1-13(2)11-20-18(25)23(3)10-9-15-21-17(26-22-15)16(24)19-12-14-7-5-4-6-8-14/h4-8,13H,9-12H2,1-3H3,(H,19,24)(H,20,25). The van der Waals surface area contributed by atoms with Crippen molar-refractivity contribution >= 4 is 11.9 Å². The number of nitrogens with one attached hydrogen (secondary N) is 2. The summed E-state index contributed by atoms with van der Waals surface area (Å²) in [4.78, 5) is 29.6. The summed E-state index contributed by atoms with van der Waals surface area (Å²) in [6.07, 6.45) is 0.404. The van der Waals surface area contributed by atoms with Gasteiger partial charge in [0, 0.05) is 33.1 Å². The van der Waals surface area contributed by atoms with Crippen molar-refractivity contribution in [2.24, 2.45) is 5.92 Å². The molecule has 26 heavy (non-hydrogen) atoms. The summed E-state index contributed by atoms with van der Waals surface area (Å²) in [6.45, 7) is 5.50. The number of benzene rings is 1. The third-order valence-electron chi connectivity index (χ3n) is 3.64. The van der Waals surface area contributed by atoms with Crippen LogP contribution in [0.1, 0.15) is 35.9 Å². The van der Waals surface area contributed by atoms with Crippen LogP contribution in [0, 0.1) is 5.92 Å². The second kappa shape index (κ2) is 9.55. The molecule has 0 unspecified atom stereocenters. The van der Waals surface area contributed by atoms with E-state index in [1.165, 1.54) is 0 Å². The number of hydrogen-bond acceptors (Lipinski definition) is 5. The minimum atomic E-state index is -0.421. The topological polar surface area (TPSA) is 100 Å². The number of amides is 3. The zero-order valence-corrected chi connectivity index (χ0v) is 15.4. The molecule has 0 saturated carbocycles. The number of carbonyl (C=O) groups is 2. The maximum atomic E-state index is 12.0. The van der Waals surface area contributed by atoms with Gasteiger partial charge in [0.2, 0.25) is 0 Å². The molecule has 0 aliphatic heterocycles. The van der Waals surface area contributed by atoms with Crippen LogP contribution in [0.5, 0.6) is 0 Å². The summed E-state index contributed by atoms with van der Waals surface area (Å²) in [7, 11) is 1.70. The molecule has 140 valence electrons. The van der Waals surface area contributed by atoms with Crippen LogP contribution >= 0.6 is 0 Å². The van der Waals surface area contributed by atoms with Crippen LogP contribution < -0.4 is 10.6 Å².